The molecule has 116 valence electrons. The lowest BCUT2D eigenvalue weighted by Crippen LogP contribution is -1.97. The average molecular weight is 295 g/mol. The Morgan fingerprint density at radius 2 is 1.77 bits per heavy atom. The van der Waals surface area contributed by atoms with Gasteiger partial charge < -0.3 is 4.74 Å². The molecule has 0 saturated carbocycles. The molecule has 0 aliphatic carbocycles. The number of aryl methyl sites for hydroxylation is 2. The van der Waals surface area contributed by atoms with E-state index in [4.69, 9.17) is 4.74 Å². The van der Waals surface area contributed by atoms with E-state index in [1.165, 1.54) is 16.7 Å². The van der Waals surface area contributed by atoms with Crippen molar-refractivity contribution in [2.45, 2.75) is 46.8 Å². The highest BCUT2D eigenvalue weighted by molar-refractivity contribution is 5.79. The van der Waals surface area contributed by atoms with Crippen LogP contribution in [0.3, 0.4) is 0 Å². The zero-order valence-corrected chi connectivity index (χ0v) is 14.0. The van der Waals surface area contributed by atoms with Crippen molar-refractivity contribution in [3.05, 3.63) is 64.7 Å². The Morgan fingerprint density at radius 3 is 2.41 bits per heavy atom. The van der Waals surface area contributed by atoms with E-state index in [2.05, 4.69) is 50.9 Å². The maximum absolute atomic E-state index is 5.84. The van der Waals surface area contributed by atoms with Gasteiger partial charge in [-0.05, 0) is 73.7 Å². The highest BCUT2D eigenvalue weighted by Crippen LogP contribution is 2.15. The van der Waals surface area contributed by atoms with E-state index in [0.717, 1.165) is 17.7 Å². The molecule has 0 aliphatic rings. The lowest BCUT2D eigenvalue weighted by Gasteiger charge is -2.08. The fraction of sp³-hybridized carbons (Fsp3) is 0.350. The van der Waals surface area contributed by atoms with Crippen LogP contribution in [-0.4, -0.2) is 12.3 Å². The van der Waals surface area contributed by atoms with E-state index in [9.17, 15) is 0 Å². The molecule has 2 rings (SSSR count). The van der Waals surface area contributed by atoms with Gasteiger partial charge in [-0.3, -0.25) is 4.99 Å². The van der Waals surface area contributed by atoms with Gasteiger partial charge in [-0.25, -0.2) is 0 Å². The van der Waals surface area contributed by atoms with Crippen molar-refractivity contribution in [1.82, 2.24) is 0 Å². The highest BCUT2D eigenvalue weighted by atomic mass is 16.5. The maximum Gasteiger partial charge on any atom is 0.119 e. The summed E-state index contributed by atoms with van der Waals surface area (Å²) in [5.74, 6) is 0.888. The summed E-state index contributed by atoms with van der Waals surface area (Å²) in [6, 6.07) is 14.9. The molecule has 22 heavy (non-hydrogen) atoms. The summed E-state index contributed by atoms with van der Waals surface area (Å²) >= 11 is 0. The smallest absolute Gasteiger partial charge is 0.119 e. The molecule has 1 unspecified atom stereocenters. The van der Waals surface area contributed by atoms with E-state index in [1.807, 2.05) is 30.5 Å². The van der Waals surface area contributed by atoms with Crippen LogP contribution in [0, 0.1) is 13.8 Å². The molecule has 2 aromatic rings. The first-order valence-corrected chi connectivity index (χ1v) is 7.90. The summed E-state index contributed by atoms with van der Waals surface area (Å²) in [6.07, 6.45) is 2.99. The SMILES string of the molecule is CCC(C)N=Cc1ccc(OCc2ccc(C)c(C)c2)cc1. The summed E-state index contributed by atoms with van der Waals surface area (Å²) in [5.41, 5.74) is 4.93. The molecule has 0 saturated heterocycles. The fourth-order valence-corrected chi connectivity index (χ4v) is 2.03. The molecule has 0 heterocycles. The van der Waals surface area contributed by atoms with Crippen LogP contribution in [0.1, 0.15) is 42.5 Å². The Morgan fingerprint density at radius 1 is 1.05 bits per heavy atom. The Kier molecular flexibility index (Phi) is 5.76. The van der Waals surface area contributed by atoms with Gasteiger partial charge in [0.2, 0.25) is 0 Å². The van der Waals surface area contributed by atoms with Gasteiger partial charge in [-0.15, -0.1) is 0 Å². The normalized spacial score (nSPS) is 12.5. The third kappa shape index (κ3) is 4.73. The van der Waals surface area contributed by atoms with E-state index >= 15 is 0 Å². The van der Waals surface area contributed by atoms with Gasteiger partial charge in [0, 0.05) is 12.3 Å². The monoisotopic (exact) mass is 295 g/mol. The summed E-state index contributed by atoms with van der Waals surface area (Å²) in [7, 11) is 0. The third-order valence-electron chi connectivity index (χ3n) is 3.93. The number of benzene rings is 2. The molecule has 1 atom stereocenters. The summed E-state index contributed by atoms with van der Waals surface area (Å²) in [5, 5.41) is 0. The summed E-state index contributed by atoms with van der Waals surface area (Å²) in [6.45, 7) is 9.12. The van der Waals surface area contributed by atoms with Gasteiger partial charge in [0.25, 0.3) is 0 Å². The number of hydrogen-bond donors (Lipinski definition) is 0. The Bertz CT molecular complexity index is 629. The van der Waals surface area contributed by atoms with Crippen LogP contribution >= 0.6 is 0 Å². The van der Waals surface area contributed by atoms with Gasteiger partial charge in [0.1, 0.15) is 12.4 Å². The van der Waals surface area contributed by atoms with Gasteiger partial charge >= 0.3 is 0 Å². The minimum absolute atomic E-state index is 0.376. The van der Waals surface area contributed by atoms with Crippen molar-refractivity contribution in [3.63, 3.8) is 0 Å². The second kappa shape index (κ2) is 7.79. The number of aliphatic imine (C=N–C) groups is 1. The maximum atomic E-state index is 5.84. The predicted octanol–water partition coefficient (Wildman–Crippen LogP) is 5.10. The van der Waals surface area contributed by atoms with Gasteiger partial charge in [0.05, 0.1) is 0 Å². The molecule has 0 radical (unpaired) electrons. The lowest BCUT2D eigenvalue weighted by atomic mass is 10.1. The molecule has 2 heteroatoms. The predicted molar refractivity (Wildman–Crippen MR) is 94.0 cm³/mol. The molecule has 2 aromatic carbocycles. The minimum Gasteiger partial charge on any atom is -0.489 e. The second-order valence-corrected chi connectivity index (χ2v) is 5.81. The Labute approximate surface area is 133 Å². The van der Waals surface area contributed by atoms with Crippen molar-refractivity contribution in [2.24, 2.45) is 4.99 Å². The van der Waals surface area contributed by atoms with E-state index in [1.54, 1.807) is 0 Å². The van der Waals surface area contributed by atoms with Crippen LogP contribution in [0.15, 0.2) is 47.5 Å². The highest BCUT2D eigenvalue weighted by Gasteiger charge is 1.99. The van der Waals surface area contributed by atoms with E-state index < -0.39 is 0 Å². The Hall–Kier alpha value is -2.09. The lowest BCUT2D eigenvalue weighted by molar-refractivity contribution is 0.306. The molecule has 0 aliphatic heterocycles. The Balaban J connectivity index is 1.93. The van der Waals surface area contributed by atoms with Gasteiger partial charge in [-0.2, -0.15) is 0 Å². The second-order valence-electron chi connectivity index (χ2n) is 5.81. The van der Waals surface area contributed by atoms with Crippen LogP contribution < -0.4 is 4.74 Å². The van der Waals surface area contributed by atoms with Crippen molar-refractivity contribution in [3.8, 4) is 5.75 Å². The summed E-state index contributed by atoms with van der Waals surface area (Å²) in [4.78, 5) is 4.49. The summed E-state index contributed by atoms with van der Waals surface area (Å²) < 4.78 is 5.84. The molecule has 0 amide bonds. The molecular weight excluding hydrogens is 270 g/mol. The molecule has 0 aromatic heterocycles. The fourth-order valence-electron chi connectivity index (χ4n) is 2.03. The minimum atomic E-state index is 0.376. The average Bonchev–Trinajstić information content (AvgIpc) is 2.54. The van der Waals surface area contributed by atoms with Crippen molar-refractivity contribution in [2.75, 3.05) is 0 Å². The molecule has 2 nitrogen and oxygen atoms in total. The number of ether oxygens (including phenoxy) is 1. The zero-order chi connectivity index (χ0) is 15.9. The third-order valence-corrected chi connectivity index (χ3v) is 3.93. The van der Waals surface area contributed by atoms with Gasteiger partial charge in [0.15, 0.2) is 0 Å². The number of rotatable bonds is 6. The van der Waals surface area contributed by atoms with Crippen molar-refractivity contribution < 1.29 is 4.74 Å². The van der Waals surface area contributed by atoms with Crippen molar-refractivity contribution >= 4 is 6.21 Å². The molecule has 0 bridgehead atoms. The van der Waals surface area contributed by atoms with E-state index in [-0.39, 0.29) is 0 Å². The zero-order valence-electron chi connectivity index (χ0n) is 14.0. The number of nitrogens with zero attached hydrogens (tertiary/aromatic N) is 1. The van der Waals surface area contributed by atoms with Crippen LogP contribution in [0.2, 0.25) is 0 Å². The van der Waals surface area contributed by atoms with Crippen LogP contribution in [0.5, 0.6) is 5.75 Å². The number of hydrogen-bond acceptors (Lipinski definition) is 2. The van der Waals surface area contributed by atoms with Crippen LogP contribution in [0.4, 0.5) is 0 Å². The van der Waals surface area contributed by atoms with Crippen molar-refractivity contribution in [1.29, 1.82) is 0 Å². The van der Waals surface area contributed by atoms with Crippen LogP contribution in [-0.2, 0) is 6.61 Å². The largest absolute Gasteiger partial charge is 0.489 e. The van der Waals surface area contributed by atoms with E-state index in [0.29, 0.717) is 12.6 Å². The topological polar surface area (TPSA) is 21.6 Å². The molecule has 0 N–H and O–H groups in total. The first kappa shape index (κ1) is 16.3. The molecule has 0 fully saturated rings. The van der Waals surface area contributed by atoms with Crippen LogP contribution in [0.25, 0.3) is 0 Å². The van der Waals surface area contributed by atoms with Gasteiger partial charge in [-0.1, -0.05) is 25.1 Å². The first-order valence-electron chi connectivity index (χ1n) is 7.90. The molecular formula is C20H25NO. The first-order chi connectivity index (χ1) is 10.6. The molecule has 0 spiro atoms. The quantitative estimate of drug-likeness (QED) is 0.679. The standard InChI is InChI=1S/C20H25NO/c1-5-17(4)21-13-18-8-10-20(11-9-18)22-14-19-7-6-15(2)16(3)12-19/h6-13,17H,5,14H2,1-4H3.